The predicted molar refractivity (Wildman–Crippen MR) is 58.2 cm³/mol. The number of rotatable bonds is 4. The molecule has 1 heteroatoms. The van der Waals surface area contributed by atoms with E-state index in [0.717, 1.165) is 0 Å². The van der Waals surface area contributed by atoms with Crippen molar-refractivity contribution in [3.05, 3.63) is 23.5 Å². The highest BCUT2D eigenvalue weighted by Crippen LogP contribution is 2.22. The molecule has 2 atom stereocenters. The van der Waals surface area contributed by atoms with Crippen LogP contribution in [0.4, 0.5) is 0 Å². The third kappa shape index (κ3) is 2.36. The summed E-state index contributed by atoms with van der Waals surface area (Å²) in [5, 5.41) is 0. The van der Waals surface area contributed by atoms with Gasteiger partial charge in [0, 0.05) is 11.4 Å². The van der Waals surface area contributed by atoms with Crippen molar-refractivity contribution in [2.75, 3.05) is 0 Å². The number of hydrogen-bond acceptors (Lipinski definition) is 0. The largest absolute Gasteiger partial charge is 0.362 e. The van der Waals surface area contributed by atoms with Crippen molar-refractivity contribution in [3.63, 3.8) is 0 Å². The molecule has 74 valence electrons. The highest BCUT2D eigenvalue weighted by atomic mass is 14.7. The summed E-state index contributed by atoms with van der Waals surface area (Å²) in [6, 6.07) is 4.46. The van der Waals surface area contributed by atoms with Crippen molar-refractivity contribution in [3.8, 4) is 0 Å². The molecule has 1 nitrogen and oxygen atoms in total. The zero-order valence-corrected chi connectivity index (χ0v) is 9.22. The van der Waals surface area contributed by atoms with Gasteiger partial charge < -0.3 is 4.98 Å². The normalized spacial score (nSPS) is 15.7. The SMILES string of the molecule is CCC(C)c1ccc(C(C)CC)[nH]1. The zero-order valence-electron chi connectivity index (χ0n) is 9.22. The summed E-state index contributed by atoms with van der Waals surface area (Å²) in [5.41, 5.74) is 2.77. The molecule has 1 aromatic heterocycles. The van der Waals surface area contributed by atoms with Crippen molar-refractivity contribution in [2.45, 2.75) is 52.4 Å². The first kappa shape index (κ1) is 10.4. The van der Waals surface area contributed by atoms with Crippen LogP contribution in [0.25, 0.3) is 0 Å². The van der Waals surface area contributed by atoms with E-state index in [1.165, 1.54) is 24.2 Å². The fraction of sp³-hybridized carbons (Fsp3) is 0.667. The van der Waals surface area contributed by atoms with Crippen LogP contribution in [-0.4, -0.2) is 4.98 Å². The molecule has 0 amide bonds. The Morgan fingerprint density at radius 3 is 1.69 bits per heavy atom. The average Bonchev–Trinajstić information content (AvgIpc) is 2.64. The lowest BCUT2D eigenvalue weighted by Gasteiger charge is -2.08. The van der Waals surface area contributed by atoms with Crippen molar-refractivity contribution in [1.29, 1.82) is 0 Å². The monoisotopic (exact) mass is 179 g/mol. The molecule has 1 heterocycles. The molecule has 13 heavy (non-hydrogen) atoms. The van der Waals surface area contributed by atoms with Gasteiger partial charge in [0.2, 0.25) is 0 Å². The first-order valence-corrected chi connectivity index (χ1v) is 5.37. The quantitative estimate of drug-likeness (QED) is 0.718. The van der Waals surface area contributed by atoms with Gasteiger partial charge >= 0.3 is 0 Å². The van der Waals surface area contributed by atoms with Crippen molar-refractivity contribution >= 4 is 0 Å². The van der Waals surface area contributed by atoms with Gasteiger partial charge in [-0.25, -0.2) is 0 Å². The third-order valence-electron chi connectivity index (χ3n) is 3.02. The molecular formula is C12H21N. The Morgan fingerprint density at radius 1 is 1.00 bits per heavy atom. The summed E-state index contributed by atoms with van der Waals surface area (Å²) in [7, 11) is 0. The second-order valence-corrected chi connectivity index (χ2v) is 3.99. The van der Waals surface area contributed by atoms with Gasteiger partial charge in [-0.2, -0.15) is 0 Å². The van der Waals surface area contributed by atoms with E-state index >= 15 is 0 Å². The van der Waals surface area contributed by atoms with Crippen LogP contribution in [0.5, 0.6) is 0 Å². The molecule has 0 aliphatic carbocycles. The molecular weight excluding hydrogens is 158 g/mol. The van der Waals surface area contributed by atoms with Crippen LogP contribution in [0.1, 0.15) is 63.8 Å². The molecule has 1 N–H and O–H groups in total. The lowest BCUT2D eigenvalue weighted by atomic mass is 10.1. The Bertz CT molecular complexity index is 225. The average molecular weight is 179 g/mol. The van der Waals surface area contributed by atoms with E-state index in [4.69, 9.17) is 0 Å². The molecule has 0 radical (unpaired) electrons. The Morgan fingerprint density at radius 2 is 1.38 bits per heavy atom. The van der Waals surface area contributed by atoms with Crippen LogP contribution in [0.3, 0.4) is 0 Å². The Kier molecular flexibility index (Phi) is 3.58. The van der Waals surface area contributed by atoms with Crippen molar-refractivity contribution < 1.29 is 0 Å². The van der Waals surface area contributed by atoms with Crippen LogP contribution < -0.4 is 0 Å². The number of aromatic amines is 1. The lowest BCUT2D eigenvalue weighted by Crippen LogP contribution is -1.95. The minimum Gasteiger partial charge on any atom is -0.362 e. The van der Waals surface area contributed by atoms with Crippen molar-refractivity contribution in [1.82, 2.24) is 4.98 Å². The summed E-state index contributed by atoms with van der Waals surface area (Å²) in [6.07, 6.45) is 2.42. The fourth-order valence-corrected chi connectivity index (χ4v) is 1.44. The Hall–Kier alpha value is -0.720. The molecule has 1 aromatic rings. The summed E-state index contributed by atoms with van der Waals surface area (Å²) in [4.78, 5) is 3.51. The van der Waals surface area contributed by atoms with E-state index in [9.17, 15) is 0 Å². The van der Waals surface area contributed by atoms with Crippen LogP contribution in [0.15, 0.2) is 12.1 Å². The number of aromatic nitrogens is 1. The van der Waals surface area contributed by atoms with Gasteiger partial charge in [-0.15, -0.1) is 0 Å². The van der Waals surface area contributed by atoms with E-state index in [1.807, 2.05) is 0 Å². The maximum atomic E-state index is 3.51. The van der Waals surface area contributed by atoms with Crippen LogP contribution in [-0.2, 0) is 0 Å². The number of hydrogen-bond donors (Lipinski definition) is 1. The summed E-state index contributed by atoms with van der Waals surface area (Å²) in [5.74, 6) is 1.33. The van der Waals surface area contributed by atoms with Gasteiger partial charge in [0.05, 0.1) is 0 Å². The maximum Gasteiger partial charge on any atom is 0.0177 e. The van der Waals surface area contributed by atoms with Crippen LogP contribution in [0.2, 0.25) is 0 Å². The van der Waals surface area contributed by atoms with E-state index in [0.29, 0.717) is 11.8 Å². The third-order valence-corrected chi connectivity index (χ3v) is 3.02. The van der Waals surface area contributed by atoms with Crippen LogP contribution in [0, 0.1) is 0 Å². The van der Waals surface area contributed by atoms with Gasteiger partial charge in [0.15, 0.2) is 0 Å². The molecule has 0 aliphatic rings. The van der Waals surface area contributed by atoms with E-state index in [-0.39, 0.29) is 0 Å². The van der Waals surface area contributed by atoms with Gasteiger partial charge in [-0.05, 0) is 36.8 Å². The van der Waals surface area contributed by atoms with Gasteiger partial charge in [-0.1, -0.05) is 27.7 Å². The topological polar surface area (TPSA) is 15.8 Å². The molecule has 0 bridgehead atoms. The van der Waals surface area contributed by atoms with E-state index in [1.54, 1.807) is 0 Å². The second kappa shape index (κ2) is 4.50. The summed E-state index contributed by atoms with van der Waals surface area (Å²) in [6.45, 7) is 9.00. The predicted octanol–water partition coefficient (Wildman–Crippen LogP) is 4.04. The first-order valence-electron chi connectivity index (χ1n) is 5.37. The van der Waals surface area contributed by atoms with E-state index < -0.39 is 0 Å². The second-order valence-electron chi connectivity index (χ2n) is 3.99. The molecule has 0 aliphatic heterocycles. The summed E-state index contributed by atoms with van der Waals surface area (Å²) < 4.78 is 0. The van der Waals surface area contributed by atoms with Crippen LogP contribution >= 0.6 is 0 Å². The molecule has 1 rings (SSSR count). The zero-order chi connectivity index (χ0) is 9.84. The highest BCUT2D eigenvalue weighted by Gasteiger charge is 2.08. The first-order chi connectivity index (χ1) is 6.19. The maximum absolute atomic E-state index is 3.51. The standard InChI is InChI=1S/C12H21N/c1-5-9(3)11-7-8-12(13-11)10(4)6-2/h7-10,13H,5-6H2,1-4H3. The van der Waals surface area contributed by atoms with Crippen molar-refractivity contribution in [2.24, 2.45) is 0 Å². The fourth-order valence-electron chi connectivity index (χ4n) is 1.44. The highest BCUT2D eigenvalue weighted by molar-refractivity contribution is 5.18. The minimum absolute atomic E-state index is 0.665. The number of H-pyrrole nitrogens is 1. The lowest BCUT2D eigenvalue weighted by molar-refractivity contribution is 0.681. The Balaban J connectivity index is 2.74. The molecule has 0 saturated heterocycles. The molecule has 2 unspecified atom stereocenters. The van der Waals surface area contributed by atoms with Gasteiger partial charge in [0.1, 0.15) is 0 Å². The van der Waals surface area contributed by atoms with E-state index in [2.05, 4.69) is 44.8 Å². The molecule has 0 spiro atoms. The van der Waals surface area contributed by atoms with Gasteiger partial charge in [0.25, 0.3) is 0 Å². The number of nitrogens with one attached hydrogen (secondary N) is 1. The summed E-state index contributed by atoms with van der Waals surface area (Å²) >= 11 is 0. The molecule has 0 fully saturated rings. The smallest absolute Gasteiger partial charge is 0.0177 e. The van der Waals surface area contributed by atoms with Gasteiger partial charge in [-0.3, -0.25) is 0 Å². The minimum atomic E-state index is 0.665. The molecule has 0 aromatic carbocycles. The Labute approximate surface area is 81.6 Å². The molecule has 0 saturated carbocycles.